The zero-order valence-corrected chi connectivity index (χ0v) is 16.1. The lowest BCUT2D eigenvalue weighted by molar-refractivity contribution is 0.0929. The van der Waals surface area contributed by atoms with Crippen molar-refractivity contribution < 1.29 is 13.2 Å². The largest absolute Gasteiger partial charge is 0.352 e. The molecule has 2 N–H and O–H groups in total. The molecule has 1 aromatic carbocycles. The Hall–Kier alpha value is -1.60. The molecular formula is C18H29N3O3S. The van der Waals surface area contributed by atoms with Crippen LogP contribution in [0.5, 0.6) is 0 Å². The maximum Gasteiger partial charge on any atom is 0.251 e. The summed E-state index contributed by atoms with van der Waals surface area (Å²) in [6.07, 6.45) is 3.42. The fourth-order valence-electron chi connectivity index (χ4n) is 3.24. The molecule has 25 heavy (non-hydrogen) atoms. The van der Waals surface area contributed by atoms with Gasteiger partial charge in [-0.15, -0.1) is 0 Å². The summed E-state index contributed by atoms with van der Waals surface area (Å²) in [6, 6.07) is 6.46. The number of nitrogens with one attached hydrogen (secondary N) is 2. The molecule has 0 bridgehead atoms. The average Bonchev–Trinajstić information content (AvgIpc) is 2.51. The second-order valence-electron chi connectivity index (χ2n) is 7.32. The number of nitrogens with zero attached hydrogens (tertiary/aromatic N) is 1. The number of hydrogen-bond donors (Lipinski definition) is 2. The third-order valence-corrected chi connectivity index (χ3v) is 4.83. The fraction of sp³-hybridized carbons (Fsp3) is 0.611. The molecule has 0 radical (unpaired) electrons. The lowest BCUT2D eigenvalue weighted by Crippen LogP contribution is -2.42. The van der Waals surface area contributed by atoms with E-state index in [1.807, 2.05) is 0 Å². The van der Waals surface area contributed by atoms with Crippen LogP contribution in [0.25, 0.3) is 0 Å². The number of carbonyl (C=O) groups excluding carboxylic acids is 1. The molecule has 1 saturated heterocycles. The molecule has 2 rings (SSSR count). The van der Waals surface area contributed by atoms with Crippen molar-refractivity contribution in [2.24, 2.45) is 11.8 Å². The highest BCUT2D eigenvalue weighted by atomic mass is 32.2. The Labute approximate surface area is 151 Å². The molecule has 1 atom stereocenters. The Morgan fingerprint density at radius 1 is 1.28 bits per heavy atom. The molecule has 0 spiro atoms. The van der Waals surface area contributed by atoms with Crippen LogP contribution in [0.4, 0.5) is 5.69 Å². The summed E-state index contributed by atoms with van der Waals surface area (Å²) in [6.45, 7) is 8.44. The molecule has 1 fully saturated rings. The van der Waals surface area contributed by atoms with Crippen LogP contribution in [0, 0.1) is 11.8 Å². The van der Waals surface area contributed by atoms with Crippen molar-refractivity contribution in [2.75, 3.05) is 37.2 Å². The first kappa shape index (κ1) is 19.7. The molecule has 1 unspecified atom stereocenters. The van der Waals surface area contributed by atoms with E-state index in [9.17, 15) is 13.2 Å². The molecule has 1 aliphatic rings. The number of carbonyl (C=O) groups is 1. The minimum Gasteiger partial charge on any atom is -0.352 e. The van der Waals surface area contributed by atoms with Crippen LogP contribution in [0.2, 0.25) is 0 Å². The maximum absolute atomic E-state index is 12.3. The lowest BCUT2D eigenvalue weighted by Gasteiger charge is -2.33. The van der Waals surface area contributed by atoms with E-state index in [2.05, 4.69) is 28.8 Å². The van der Waals surface area contributed by atoms with Gasteiger partial charge in [0.25, 0.3) is 5.91 Å². The van der Waals surface area contributed by atoms with Crippen molar-refractivity contribution in [1.29, 1.82) is 0 Å². The zero-order chi connectivity index (χ0) is 18.4. The summed E-state index contributed by atoms with van der Waals surface area (Å²) in [5, 5.41) is 3.01. The normalized spacial score (nSPS) is 19.0. The highest BCUT2D eigenvalue weighted by Crippen LogP contribution is 2.17. The van der Waals surface area contributed by atoms with Crippen LogP contribution >= 0.6 is 0 Å². The standard InChI is InChI=1S/C18H29N3O3S/c1-14(2)12-21-10-4-5-15(13-21)11-19-18(22)16-6-8-17(9-7-16)20-25(3,23)24/h6-9,14-15,20H,4-5,10-13H2,1-3H3,(H,19,22). The van der Waals surface area contributed by atoms with Crippen molar-refractivity contribution in [2.45, 2.75) is 26.7 Å². The van der Waals surface area contributed by atoms with E-state index in [1.165, 1.54) is 6.42 Å². The highest BCUT2D eigenvalue weighted by Gasteiger charge is 2.21. The van der Waals surface area contributed by atoms with Gasteiger partial charge in [0.15, 0.2) is 0 Å². The minimum absolute atomic E-state index is 0.119. The highest BCUT2D eigenvalue weighted by molar-refractivity contribution is 7.92. The van der Waals surface area contributed by atoms with Gasteiger partial charge in [-0.1, -0.05) is 13.8 Å². The van der Waals surface area contributed by atoms with E-state index in [4.69, 9.17) is 0 Å². The monoisotopic (exact) mass is 367 g/mol. The molecule has 1 aliphatic heterocycles. The summed E-state index contributed by atoms with van der Waals surface area (Å²) >= 11 is 0. The maximum atomic E-state index is 12.3. The van der Waals surface area contributed by atoms with Crippen LogP contribution in [0.3, 0.4) is 0 Å². The van der Waals surface area contributed by atoms with Crippen LogP contribution in [-0.2, 0) is 10.0 Å². The fourth-order valence-corrected chi connectivity index (χ4v) is 3.81. The Balaban J connectivity index is 1.83. The predicted octanol–water partition coefficient (Wildman–Crippen LogP) is 2.16. The van der Waals surface area contributed by atoms with E-state index in [-0.39, 0.29) is 5.91 Å². The van der Waals surface area contributed by atoms with E-state index >= 15 is 0 Å². The number of likely N-dealkylation sites (tertiary alicyclic amines) is 1. The average molecular weight is 368 g/mol. The Bertz CT molecular complexity index is 671. The number of rotatable bonds is 7. The quantitative estimate of drug-likeness (QED) is 0.774. The van der Waals surface area contributed by atoms with Crippen molar-refractivity contribution >= 4 is 21.6 Å². The summed E-state index contributed by atoms with van der Waals surface area (Å²) < 4.78 is 24.8. The minimum atomic E-state index is -3.30. The SMILES string of the molecule is CC(C)CN1CCCC(CNC(=O)c2ccc(NS(C)(=O)=O)cc2)C1. The van der Waals surface area contributed by atoms with Crippen LogP contribution in [-0.4, -0.2) is 51.7 Å². The summed E-state index contributed by atoms with van der Waals surface area (Å²) in [4.78, 5) is 14.8. The molecule has 0 aliphatic carbocycles. The zero-order valence-electron chi connectivity index (χ0n) is 15.3. The van der Waals surface area contributed by atoms with Gasteiger partial charge in [0, 0.05) is 30.9 Å². The van der Waals surface area contributed by atoms with Gasteiger partial charge >= 0.3 is 0 Å². The topological polar surface area (TPSA) is 78.5 Å². The Morgan fingerprint density at radius 2 is 1.96 bits per heavy atom. The third-order valence-electron chi connectivity index (χ3n) is 4.23. The van der Waals surface area contributed by atoms with Crippen molar-refractivity contribution in [1.82, 2.24) is 10.2 Å². The lowest BCUT2D eigenvalue weighted by atomic mass is 9.97. The molecule has 1 heterocycles. The molecule has 1 aromatic rings. The summed E-state index contributed by atoms with van der Waals surface area (Å²) in [7, 11) is -3.30. The van der Waals surface area contributed by atoms with Crippen molar-refractivity contribution in [3.05, 3.63) is 29.8 Å². The second kappa shape index (κ2) is 8.67. The van der Waals surface area contributed by atoms with Gasteiger partial charge < -0.3 is 10.2 Å². The number of amides is 1. The van der Waals surface area contributed by atoms with Crippen LogP contribution in [0.15, 0.2) is 24.3 Å². The van der Waals surface area contributed by atoms with Gasteiger partial charge in [0.1, 0.15) is 0 Å². The summed E-state index contributed by atoms with van der Waals surface area (Å²) in [5.74, 6) is 1.03. The molecule has 7 heteroatoms. The number of anilines is 1. The number of benzene rings is 1. The van der Waals surface area contributed by atoms with Gasteiger partial charge in [-0.2, -0.15) is 0 Å². The molecule has 1 amide bonds. The molecule has 0 saturated carbocycles. The molecule has 140 valence electrons. The second-order valence-corrected chi connectivity index (χ2v) is 9.07. The molecule has 6 nitrogen and oxygen atoms in total. The third kappa shape index (κ3) is 7.04. The predicted molar refractivity (Wildman–Crippen MR) is 101 cm³/mol. The first-order chi connectivity index (χ1) is 11.7. The summed E-state index contributed by atoms with van der Waals surface area (Å²) in [5.41, 5.74) is 0.990. The van der Waals surface area contributed by atoms with Crippen LogP contribution in [0.1, 0.15) is 37.0 Å². The van der Waals surface area contributed by atoms with Gasteiger partial charge in [0.2, 0.25) is 10.0 Å². The molecular weight excluding hydrogens is 338 g/mol. The first-order valence-corrected chi connectivity index (χ1v) is 10.7. The van der Waals surface area contributed by atoms with E-state index in [1.54, 1.807) is 24.3 Å². The van der Waals surface area contributed by atoms with Gasteiger partial charge in [-0.05, 0) is 55.5 Å². The Kier molecular flexibility index (Phi) is 6.84. The van der Waals surface area contributed by atoms with Gasteiger partial charge in [0.05, 0.1) is 6.26 Å². The molecule has 0 aromatic heterocycles. The van der Waals surface area contributed by atoms with Crippen LogP contribution < -0.4 is 10.0 Å². The number of piperidine rings is 1. The number of hydrogen-bond acceptors (Lipinski definition) is 4. The first-order valence-electron chi connectivity index (χ1n) is 8.81. The number of sulfonamides is 1. The van der Waals surface area contributed by atoms with Crippen molar-refractivity contribution in [3.8, 4) is 0 Å². The van der Waals surface area contributed by atoms with Crippen molar-refractivity contribution in [3.63, 3.8) is 0 Å². The Morgan fingerprint density at radius 3 is 2.56 bits per heavy atom. The van der Waals surface area contributed by atoms with E-state index in [0.29, 0.717) is 29.6 Å². The smallest absolute Gasteiger partial charge is 0.251 e. The van der Waals surface area contributed by atoms with Gasteiger partial charge in [-0.25, -0.2) is 8.42 Å². The van der Waals surface area contributed by atoms with E-state index in [0.717, 1.165) is 32.3 Å². The van der Waals surface area contributed by atoms with E-state index < -0.39 is 10.0 Å². The van der Waals surface area contributed by atoms with Gasteiger partial charge in [-0.3, -0.25) is 9.52 Å².